The molecule has 1 amide bonds. The molecule has 1 aromatic heterocycles. The molecule has 0 unspecified atom stereocenters. The van der Waals surface area contributed by atoms with Gasteiger partial charge in [-0.15, -0.1) is 0 Å². The van der Waals surface area contributed by atoms with Crippen molar-refractivity contribution in [1.29, 1.82) is 0 Å². The number of aromatic nitrogens is 1. The molecular weight excluding hydrogens is 464 g/mol. The Hall–Kier alpha value is -4.08. The van der Waals surface area contributed by atoms with Gasteiger partial charge in [-0.2, -0.15) is 0 Å². The van der Waals surface area contributed by atoms with Crippen molar-refractivity contribution in [2.75, 3.05) is 5.32 Å². The number of thiocarbonyl (C=S) groups is 1. The highest BCUT2D eigenvalue weighted by Crippen LogP contribution is 2.30. The number of fused-ring (bicyclic) bond motifs is 1. The number of nitrogens with zero attached hydrogens (tertiary/aromatic N) is 2. The van der Waals surface area contributed by atoms with E-state index in [0.717, 1.165) is 0 Å². The summed E-state index contributed by atoms with van der Waals surface area (Å²) in [5, 5.41) is 16.9. The van der Waals surface area contributed by atoms with E-state index in [1.54, 1.807) is 36.4 Å². The lowest BCUT2D eigenvalue weighted by Gasteiger charge is -2.07. The summed E-state index contributed by atoms with van der Waals surface area (Å²) >= 11 is 11.4. The average Bonchev–Trinajstić information content (AvgIpc) is 3.21. The fourth-order valence-electron chi connectivity index (χ4n) is 2.98. The monoisotopic (exact) mass is 478 g/mol. The largest absolute Gasteiger partial charge is 0.436 e. The van der Waals surface area contributed by atoms with Gasteiger partial charge in [0.25, 0.3) is 5.69 Å². The van der Waals surface area contributed by atoms with Crippen molar-refractivity contribution in [1.82, 2.24) is 10.3 Å². The van der Waals surface area contributed by atoms with Crippen LogP contribution in [0.2, 0.25) is 5.02 Å². The maximum atomic E-state index is 12.1. The Balaban J connectivity index is 1.41. The fraction of sp³-hybridized carbons (Fsp3) is 0. The minimum absolute atomic E-state index is 0.0595. The van der Waals surface area contributed by atoms with Crippen LogP contribution in [-0.4, -0.2) is 20.9 Å². The number of anilines is 1. The van der Waals surface area contributed by atoms with Gasteiger partial charge in [-0.3, -0.25) is 20.2 Å². The van der Waals surface area contributed by atoms with Crippen LogP contribution in [0.15, 0.2) is 77.2 Å². The van der Waals surface area contributed by atoms with Crippen molar-refractivity contribution in [2.45, 2.75) is 0 Å². The third kappa shape index (κ3) is 5.40. The van der Waals surface area contributed by atoms with E-state index in [1.807, 2.05) is 18.2 Å². The molecule has 0 aliphatic carbocycles. The summed E-state index contributed by atoms with van der Waals surface area (Å²) in [6, 6.07) is 18.4. The van der Waals surface area contributed by atoms with E-state index in [4.69, 9.17) is 28.2 Å². The number of nitro benzene ring substituents is 1. The normalized spacial score (nSPS) is 10.9. The van der Waals surface area contributed by atoms with E-state index in [2.05, 4.69) is 15.6 Å². The molecule has 164 valence electrons. The van der Waals surface area contributed by atoms with Gasteiger partial charge in [-0.1, -0.05) is 35.9 Å². The highest BCUT2D eigenvalue weighted by Gasteiger charge is 2.12. The van der Waals surface area contributed by atoms with E-state index in [1.165, 1.54) is 24.3 Å². The molecule has 8 nitrogen and oxygen atoms in total. The van der Waals surface area contributed by atoms with E-state index < -0.39 is 10.8 Å². The fourth-order valence-corrected chi connectivity index (χ4v) is 3.42. The highest BCUT2D eigenvalue weighted by atomic mass is 35.5. The molecule has 0 spiro atoms. The third-order valence-corrected chi connectivity index (χ3v) is 5.03. The first kappa shape index (κ1) is 22.1. The van der Waals surface area contributed by atoms with Crippen LogP contribution in [0.3, 0.4) is 0 Å². The van der Waals surface area contributed by atoms with Crippen molar-refractivity contribution in [3.05, 3.63) is 93.5 Å². The Morgan fingerprint density at radius 2 is 1.94 bits per heavy atom. The Bertz CT molecular complexity index is 1420. The molecule has 4 rings (SSSR count). The number of hydrogen-bond acceptors (Lipinski definition) is 6. The Kier molecular flexibility index (Phi) is 6.43. The van der Waals surface area contributed by atoms with Crippen LogP contribution < -0.4 is 10.6 Å². The second kappa shape index (κ2) is 9.60. The summed E-state index contributed by atoms with van der Waals surface area (Å²) in [6.07, 6.45) is 2.70. The van der Waals surface area contributed by atoms with Crippen molar-refractivity contribution >= 4 is 63.4 Å². The quantitative estimate of drug-likeness (QED) is 0.167. The van der Waals surface area contributed by atoms with Gasteiger partial charge in [0.05, 0.1) is 15.5 Å². The number of non-ortho nitro benzene ring substituents is 1. The Labute approximate surface area is 198 Å². The minimum atomic E-state index is -0.500. The first-order chi connectivity index (χ1) is 15.9. The summed E-state index contributed by atoms with van der Waals surface area (Å²) in [7, 11) is 0. The van der Waals surface area contributed by atoms with Crippen LogP contribution >= 0.6 is 23.8 Å². The number of hydrogen-bond donors (Lipinski definition) is 2. The number of oxazole rings is 1. The van der Waals surface area contributed by atoms with Crippen molar-refractivity contribution in [2.24, 2.45) is 0 Å². The zero-order valence-electron chi connectivity index (χ0n) is 16.8. The van der Waals surface area contributed by atoms with Gasteiger partial charge in [0.2, 0.25) is 11.8 Å². The summed E-state index contributed by atoms with van der Waals surface area (Å²) in [5.41, 5.74) is 2.91. The molecule has 0 aliphatic heterocycles. The number of amides is 1. The molecule has 0 saturated carbocycles. The molecule has 0 aliphatic rings. The Morgan fingerprint density at radius 1 is 1.12 bits per heavy atom. The smallest absolute Gasteiger partial charge is 0.270 e. The molecule has 3 aromatic carbocycles. The lowest BCUT2D eigenvalue weighted by atomic mass is 10.2. The topological polar surface area (TPSA) is 110 Å². The molecule has 0 fully saturated rings. The Morgan fingerprint density at radius 3 is 2.73 bits per heavy atom. The molecule has 1 heterocycles. The summed E-state index contributed by atoms with van der Waals surface area (Å²) in [6.45, 7) is 0. The molecule has 2 N–H and O–H groups in total. The molecule has 33 heavy (non-hydrogen) atoms. The molecular formula is C23H15ClN4O4S. The van der Waals surface area contributed by atoms with Gasteiger partial charge in [0, 0.05) is 23.9 Å². The molecule has 0 radical (unpaired) electrons. The predicted molar refractivity (Wildman–Crippen MR) is 131 cm³/mol. The first-order valence-electron chi connectivity index (χ1n) is 9.59. The molecule has 0 atom stereocenters. The number of carbonyl (C=O) groups is 1. The van der Waals surface area contributed by atoms with Crippen LogP contribution in [0, 0.1) is 10.1 Å². The maximum Gasteiger partial charge on any atom is 0.270 e. The van der Waals surface area contributed by atoms with Crippen LogP contribution in [0.4, 0.5) is 11.4 Å². The van der Waals surface area contributed by atoms with Crippen LogP contribution in [-0.2, 0) is 4.79 Å². The van der Waals surface area contributed by atoms with Gasteiger partial charge in [-0.05, 0) is 54.2 Å². The molecule has 0 saturated heterocycles. The van der Waals surface area contributed by atoms with Crippen molar-refractivity contribution in [3.8, 4) is 11.5 Å². The standard InChI is InChI=1S/C23H15ClN4O4S/c24-18-7-2-1-6-17(18)22-26-19-13-15(9-10-20(19)32-22)25-23(33)27-21(29)11-8-14-4-3-5-16(12-14)28(30)31/h1-13H,(H2,25,27,29,33). The van der Waals surface area contributed by atoms with E-state index in [0.29, 0.717) is 38.8 Å². The first-order valence-corrected chi connectivity index (χ1v) is 10.4. The number of nitrogens with one attached hydrogen (secondary N) is 2. The van der Waals surface area contributed by atoms with Gasteiger partial charge in [0.15, 0.2) is 10.7 Å². The molecule has 4 aromatic rings. The second-order valence-electron chi connectivity index (χ2n) is 6.81. The van der Waals surface area contributed by atoms with Crippen LogP contribution in [0.5, 0.6) is 0 Å². The van der Waals surface area contributed by atoms with E-state index in [9.17, 15) is 14.9 Å². The number of rotatable bonds is 5. The second-order valence-corrected chi connectivity index (χ2v) is 7.63. The number of nitro groups is 1. The third-order valence-electron chi connectivity index (χ3n) is 4.49. The van der Waals surface area contributed by atoms with Crippen molar-refractivity contribution in [3.63, 3.8) is 0 Å². The maximum absolute atomic E-state index is 12.1. The van der Waals surface area contributed by atoms with Crippen LogP contribution in [0.25, 0.3) is 28.6 Å². The minimum Gasteiger partial charge on any atom is -0.436 e. The summed E-state index contributed by atoms with van der Waals surface area (Å²) in [4.78, 5) is 27.0. The number of carbonyl (C=O) groups excluding carboxylic acids is 1. The van der Waals surface area contributed by atoms with Gasteiger partial charge < -0.3 is 9.73 Å². The zero-order chi connectivity index (χ0) is 23.4. The highest BCUT2D eigenvalue weighted by molar-refractivity contribution is 7.80. The van der Waals surface area contributed by atoms with Gasteiger partial charge in [0.1, 0.15) is 5.52 Å². The molecule has 10 heteroatoms. The lowest BCUT2D eigenvalue weighted by Crippen LogP contribution is -2.32. The number of halogens is 1. The SMILES string of the molecule is O=C(C=Cc1cccc([N+](=O)[O-])c1)NC(=S)Nc1ccc2oc(-c3ccccc3Cl)nc2c1. The molecule has 0 bridgehead atoms. The summed E-state index contributed by atoms with van der Waals surface area (Å²) in [5.74, 6) is -0.0857. The average molecular weight is 479 g/mol. The van der Waals surface area contributed by atoms with E-state index >= 15 is 0 Å². The lowest BCUT2D eigenvalue weighted by molar-refractivity contribution is -0.384. The zero-order valence-corrected chi connectivity index (χ0v) is 18.4. The predicted octanol–water partition coefficient (Wildman–Crippen LogP) is 5.58. The van der Waals surface area contributed by atoms with Gasteiger partial charge in [-0.25, -0.2) is 4.98 Å². The van der Waals surface area contributed by atoms with Gasteiger partial charge >= 0.3 is 0 Å². The van der Waals surface area contributed by atoms with E-state index in [-0.39, 0.29) is 10.8 Å². The van der Waals surface area contributed by atoms with Crippen molar-refractivity contribution < 1.29 is 14.1 Å². The number of benzene rings is 3. The van der Waals surface area contributed by atoms with Crippen LogP contribution in [0.1, 0.15) is 5.56 Å². The summed E-state index contributed by atoms with van der Waals surface area (Å²) < 4.78 is 5.78.